The molecule has 0 aliphatic heterocycles. The van der Waals surface area contributed by atoms with E-state index in [-0.39, 0.29) is 18.3 Å². The number of aromatic nitrogens is 4. The number of nitrogens with zero attached hydrogens (tertiary/aromatic N) is 4. The van der Waals surface area contributed by atoms with E-state index in [1.54, 1.807) is 31.3 Å². The van der Waals surface area contributed by atoms with Gasteiger partial charge < -0.3 is 5.73 Å². The van der Waals surface area contributed by atoms with E-state index in [1.807, 2.05) is 0 Å². The number of carbonyl (C=O) groups excluding carboxylic acids is 1. The maximum Gasteiger partial charge on any atom is 0.270 e. The number of nitrogens with two attached hydrogens (primary N) is 1. The molecule has 0 fully saturated rings. The molecule has 0 saturated heterocycles. The van der Waals surface area contributed by atoms with Crippen LogP contribution in [0.15, 0.2) is 24.3 Å². The highest BCUT2D eigenvalue weighted by molar-refractivity contribution is 7.80. The van der Waals surface area contributed by atoms with Gasteiger partial charge in [-0.15, -0.1) is 5.10 Å². The fourth-order valence-electron chi connectivity index (χ4n) is 1.48. The molecule has 0 saturated carbocycles. The van der Waals surface area contributed by atoms with E-state index in [0.29, 0.717) is 4.99 Å². The summed E-state index contributed by atoms with van der Waals surface area (Å²) in [4.78, 5) is 13.3. The van der Waals surface area contributed by atoms with Crippen LogP contribution >= 0.6 is 12.2 Å². The molecule has 0 spiro atoms. The molecule has 0 aliphatic carbocycles. The van der Waals surface area contributed by atoms with Crippen LogP contribution in [0.5, 0.6) is 0 Å². The van der Waals surface area contributed by atoms with Gasteiger partial charge in [0.1, 0.15) is 4.99 Å². The van der Waals surface area contributed by atoms with Gasteiger partial charge in [-0.3, -0.25) is 10.1 Å². The predicted octanol–water partition coefficient (Wildman–Crippen LogP) is 0.0255. The van der Waals surface area contributed by atoms with Crippen molar-refractivity contribution in [2.24, 2.45) is 12.8 Å². The van der Waals surface area contributed by atoms with E-state index in [0.717, 1.165) is 11.1 Å². The number of amides is 1. The molecule has 0 unspecified atom stereocenters. The Labute approximate surface area is 114 Å². The number of thiocarbonyl (C=S) groups is 1. The summed E-state index contributed by atoms with van der Waals surface area (Å²) < 4.78 is 0. The maximum atomic E-state index is 11.7. The van der Waals surface area contributed by atoms with Gasteiger partial charge in [0.2, 0.25) is 5.91 Å². The molecule has 98 valence electrons. The van der Waals surface area contributed by atoms with Gasteiger partial charge >= 0.3 is 0 Å². The van der Waals surface area contributed by atoms with E-state index >= 15 is 0 Å². The first-order chi connectivity index (χ1) is 9.04. The lowest BCUT2D eigenvalue weighted by atomic mass is 10.1. The molecule has 0 radical (unpaired) electrons. The third kappa shape index (κ3) is 3.55. The first-order valence-corrected chi connectivity index (χ1v) is 5.88. The Morgan fingerprint density at radius 1 is 1.42 bits per heavy atom. The number of anilines is 1. The van der Waals surface area contributed by atoms with Crippen molar-refractivity contribution in [2.75, 3.05) is 5.32 Å². The quantitative estimate of drug-likeness (QED) is 0.764. The second-order valence-corrected chi connectivity index (χ2v) is 4.33. The third-order valence-corrected chi connectivity index (χ3v) is 2.60. The molecule has 8 heteroatoms. The predicted molar refractivity (Wildman–Crippen MR) is 73.5 cm³/mol. The molecule has 0 atom stereocenters. The standard InChI is InChI=1S/C11H12N6OS/c1-17-15-11(14-16-17)13-9(18)6-7-2-4-8(5-3-7)10(12)19/h2-5H,6H2,1H3,(H2,12,19)(H,13,15,18). The Kier molecular flexibility index (Phi) is 3.81. The van der Waals surface area contributed by atoms with Crippen molar-refractivity contribution in [1.29, 1.82) is 0 Å². The summed E-state index contributed by atoms with van der Waals surface area (Å²) in [5, 5.41) is 13.7. The fraction of sp³-hybridized carbons (Fsp3) is 0.182. The van der Waals surface area contributed by atoms with Gasteiger partial charge in [-0.1, -0.05) is 41.6 Å². The molecule has 2 rings (SSSR count). The van der Waals surface area contributed by atoms with Crippen LogP contribution in [0, 0.1) is 0 Å². The summed E-state index contributed by atoms with van der Waals surface area (Å²) in [5.41, 5.74) is 7.12. The first-order valence-electron chi connectivity index (χ1n) is 5.47. The van der Waals surface area contributed by atoms with Crippen LogP contribution in [0.1, 0.15) is 11.1 Å². The zero-order chi connectivity index (χ0) is 13.8. The van der Waals surface area contributed by atoms with Crippen molar-refractivity contribution < 1.29 is 4.79 Å². The highest BCUT2D eigenvalue weighted by Gasteiger charge is 2.07. The number of nitrogens with one attached hydrogen (secondary N) is 1. The molecule has 7 nitrogen and oxygen atoms in total. The van der Waals surface area contributed by atoms with Crippen LogP contribution in [0.2, 0.25) is 0 Å². The molecular weight excluding hydrogens is 264 g/mol. The minimum atomic E-state index is -0.212. The van der Waals surface area contributed by atoms with Crippen LogP contribution in [0.25, 0.3) is 0 Å². The van der Waals surface area contributed by atoms with Gasteiger partial charge in [-0.25, -0.2) is 0 Å². The third-order valence-electron chi connectivity index (χ3n) is 2.36. The van der Waals surface area contributed by atoms with Crippen molar-refractivity contribution in [3.8, 4) is 0 Å². The molecule has 2 aromatic rings. The summed E-state index contributed by atoms with van der Waals surface area (Å²) in [6.45, 7) is 0. The summed E-state index contributed by atoms with van der Waals surface area (Å²) in [6.07, 6.45) is 0.218. The summed E-state index contributed by atoms with van der Waals surface area (Å²) >= 11 is 4.85. The number of carbonyl (C=O) groups is 1. The summed E-state index contributed by atoms with van der Waals surface area (Å²) in [7, 11) is 1.62. The number of rotatable bonds is 4. The Morgan fingerprint density at radius 3 is 2.63 bits per heavy atom. The monoisotopic (exact) mass is 276 g/mol. The molecule has 1 aromatic heterocycles. The lowest BCUT2D eigenvalue weighted by Gasteiger charge is -2.03. The Bertz CT molecular complexity index is 606. The number of hydrogen-bond acceptors (Lipinski definition) is 5. The number of hydrogen-bond donors (Lipinski definition) is 2. The van der Waals surface area contributed by atoms with Crippen molar-refractivity contribution in [3.05, 3.63) is 35.4 Å². The van der Waals surface area contributed by atoms with Crippen molar-refractivity contribution in [1.82, 2.24) is 20.2 Å². The lowest BCUT2D eigenvalue weighted by molar-refractivity contribution is -0.115. The van der Waals surface area contributed by atoms with Gasteiger partial charge in [0, 0.05) is 5.56 Å². The zero-order valence-electron chi connectivity index (χ0n) is 10.2. The van der Waals surface area contributed by atoms with Gasteiger partial charge in [0.05, 0.1) is 13.5 Å². The van der Waals surface area contributed by atoms with Crippen molar-refractivity contribution in [2.45, 2.75) is 6.42 Å². The second-order valence-electron chi connectivity index (χ2n) is 3.89. The summed E-state index contributed by atoms with van der Waals surface area (Å²) in [6, 6.07) is 7.17. The van der Waals surface area contributed by atoms with Crippen molar-refractivity contribution in [3.63, 3.8) is 0 Å². The summed E-state index contributed by atoms with van der Waals surface area (Å²) in [5.74, 6) is -0.0247. The lowest BCUT2D eigenvalue weighted by Crippen LogP contribution is -2.16. The highest BCUT2D eigenvalue weighted by Crippen LogP contribution is 2.06. The Balaban J connectivity index is 1.97. The molecule has 1 aromatic carbocycles. The van der Waals surface area contributed by atoms with E-state index in [2.05, 4.69) is 20.7 Å². The highest BCUT2D eigenvalue weighted by atomic mass is 32.1. The largest absolute Gasteiger partial charge is 0.389 e. The van der Waals surface area contributed by atoms with Gasteiger partial charge in [-0.2, -0.15) is 4.80 Å². The maximum absolute atomic E-state index is 11.7. The molecule has 19 heavy (non-hydrogen) atoms. The van der Waals surface area contributed by atoms with E-state index < -0.39 is 0 Å². The van der Waals surface area contributed by atoms with Crippen LogP contribution in [-0.2, 0) is 18.3 Å². The molecule has 0 aliphatic rings. The van der Waals surface area contributed by atoms with Crippen molar-refractivity contribution >= 4 is 29.1 Å². The van der Waals surface area contributed by atoms with Gasteiger partial charge in [0.25, 0.3) is 5.95 Å². The van der Waals surface area contributed by atoms with Crippen LogP contribution in [-0.4, -0.2) is 31.1 Å². The van der Waals surface area contributed by atoms with E-state index in [9.17, 15) is 4.79 Å². The van der Waals surface area contributed by atoms with Gasteiger partial charge in [0.15, 0.2) is 0 Å². The Hall–Kier alpha value is -2.35. The second kappa shape index (κ2) is 5.53. The first kappa shape index (κ1) is 13.1. The van der Waals surface area contributed by atoms with Crippen LogP contribution in [0.4, 0.5) is 5.95 Å². The van der Waals surface area contributed by atoms with E-state index in [4.69, 9.17) is 18.0 Å². The SMILES string of the molecule is Cn1nnc(NC(=O)Cc2ccc(C(N)=S)cc2)n1. The van der Waals surface area contributed by atoms with Gasteiger partial charge in [-0.05, 0) is 10.8 Å². The number of tetrazole rings is 1. The molecule has 1 heterocycles. The average Bonchev–Trinajstić information content (AvgIpc) is 2.75. The minimum absolute atomic E-state index is 0.187. The van der Waals surface area contributed by atoms with Crippen LogP contribution < -0.4 is 11.1 Å². The molecule has 3 N–H and O–H groups in total. The minimum Gasteiger partial charge on any atom is -0.389 e. The Morgan fingerprint density at radius 2 is 2.11 bits per heavy atom. The molecule has 1 amide bonds. The smallest absolute Gasteiger partial charge is 0.270 e. The normalized spacial score (nSPS) is 10.2. The molecular formula is C11H12N6OS. The average molecular weight is 276 g/mol. The molecule has 0 bridgehead atoms. The zero-order valence-corrected chi connectivity index (χ0v) is 11.0. The fourth-order valence-corrected chi connectivity index (χ4v) is 1.61. The van der Waals surface area contributed by atoms with E-state index in [1.165, 1.54) is 4.80 Å². The van der Waals surface area contributed by atoms with Crippen LogP contribution in [0.3, 0.4) is 0 Å². The number of aryl methyl sites for hydroxylation is 1. The topological polar surface area (TPSA) is 98.7 Å². The number of benzene rings is 1.